The molecule has 324 valence electrons. The van der Waals surface area contributed by atoms with Crippen LogP contribution in [0.15, 0.2) is 24.3 Å². The fourth-order valence-corrected chi connectivity index (χ4v) is 6.84. The Hall–Kier alpha value is -1.51. The number of hydrogen-bond acceptors (Lipinski definition) is 8. The molecule has 0 amide bonds. The highest BCUT2D eigenvalue weighted by Crippen LogP contribution is 2.38. The summed E-state index contributed by atoms with van der Waals surface area (Å²) in [4.78, 5) is 37.5. The maximum Gasteiger partial charge on any atom is 0.306 e. The highest BCUT2D eigenvalue weighted by atomic mass is 31.2. The number of rotatable bonds is 41. The van der Waals surface area contributed by atoms with Crippen LogP contribution in [0.3, 0.4) is 0 Å². The van der Waals surface area contributed by atoms with Crippen LogP contribution < -0.4 is 4.89 Å². The van der Waals surface area contributed by atoms with Gasteiger partial charge in [-0.1, -0.05) is 147 Å². The second-order valence-electron chi connectivity index (χ2n) is 16.4. The summed E-state index contributed by atoms with van der Waals surface area (Å²) in [6.07, 6.45) is 40.6. The lowest BCUT2D eigenvalue weighted by Gasteiger charge is -2.28. The number of nitrogens with zero attached hydrogens (tertiary/aromatic N) is 1. The van der Waals surface area contributed by atoms with Gasteiger partial charge in [-0.25, -0.2) is 0 Å². The molecule has 0 saturated heterocycles. The minimum Gasteiger partial charge on any atom is -0.756 e. The number of phosphoric acid groups is 1. The predicted octanol–water partition coefficient (Wildman–Crippen LogP) is 12.1. The van der Waals surface area contributed by atoms with Gasteiger partial charge in [0.05, 0.1) is 27.7 Å². The molecule has 55 heavy (non-hydrogen) atoms. The first-order chi connectivity index (χ1) is 26.5. The molecule has 0 bridgehead atoms. The number of carbonyl (C=O) groups excluding carboxylic acids is 2. The smallest absolute Gasteiger partial charge is 0.306 e. The maximum absolute atomic E-state index is 12.6. The minimum atomic E-state index is -4.62. The lowest BCUT2D eigenvalue weighted by molar-refractivity contribution is -0.870. The topological polar surface area (TPSA) is 111 Å². The second-order valence-corrected chi connectivity index (χ2v) is 17.8. The van der Waals surface area contributed by atoms with Gasteiger partial charge in [0.2, 0.25) is 0 Å². The first-order valence-corrected chi connectivity index (χ1v) is 24.0. The van der Waals surface area contributed by atoms with E-state index in [4.69, 9.17) is 18.5 Å². The molecule has 0 heterocycles. The Morgan fingerprint density at radius 3 is 1.38 bits per heavy atom. The summed E-state index contributed by atoms with van der Waals surface area (Å²) in [5.41, 5.74) is 0. The molecule has 0 rings (SSSR count). The van der Waals surface area contributed by atoms with Crippen LogP contribution in [-0.4, -0.2) is 70.0 Å². The number of carbonyl (C=O) groups is 2. The van der Waals surface area contributed by atoms with E-state index in [1.54, 1.807) is 0 Å². The first-order valence-electron chi connectivity index (χ1n) is 22.5. The number of phosphoric ester groups is 1. The van der Waals surface area contributed by atoms with E-state index in [0.717, 1.165) is 57.8 Å². The van der Waals surface area contributed by atoms with Gasteiger partial charge in [0, 0.05) is 12.8 Å². The maximum atomic E-state index is 12.6. The zero-order chi connectivity index (χ0) is 40.7. The van der Waals surface area contributed by atoms with Gasteiger partial charge in [0.15, 0.2) is 6.10 Å². The van der Waals surface area contributed by atoms with E-state index in [1.165, 1.54) is 109 Å². The Labute approximate surface area is 339 Å². The lowest BCUT2D eigenvalue weighted by Crippen LogP contribution is -2.37. The van der Waals surface area contributed by atoms with Crippen molar-refractivity contribution in [2.24, 2.45) is 0 Å². The van der Waals surface area contributed by atoms with E-state index in [1.807, 2.05) is 21.1 Å². The Morgan fingerprint density at radius 1 is 0.545 bits per heavy atom. The quantitative estimate of drug-likeness (QED) is 0.0198. The van der Waals surface area contributed by atoms with Gasteiger partial charge in [-0.15, -0.1) is 0 Å². The van der Waals surface area contributed by atoms with E-state index < -0.39 is 26.5 Å². The van der Waals surface area contributed by atoms with Crippen LogP contribution in [0.2, 0.25) is 0 Å². The molecule has 2 atom stereocenters. The highest BCUT2D eigenvalue weighted by molar-refractivity contribution is 7.45. The summed E-state index contributed by atoms with van der Waals surface area (Å²) in [5.74, 6) is -0.843. The van der Waals surface area contributed by atoms with E-state index >= 15 is 0 Å². The number of quaternary nitrogens is 1. The van der Waals surface area contributed by atoms with E-state index in [0.29, 0.717) is 17.4 Å². The van der Waals surface area contributed by atoms with Crippen LogP contribution in [0, 0.1) is 0 Å². The van der Waals surface area contributed by atoms with Gasteiger partial charge < -0.3 is 27.9 Å². The van der Waals surface area contributed by atoms with E-state index in [9.17, 15) is 19.0 Å². The van der Waals surface area contributed by atoms with Crippen molar-refractivity contribution in [3.8, 4) is 0 Å². The molecule has 0 saturated carbocycles. The SMILES string of the molecule is CCCCC/C=C/CCCCCCCC(=O)O[C@@H](COC(=O)CCCCCCCCCCC/C=C/CCCCCCCC)COP(=O)([O-])OCC[N+](C)(C)C. The predicted molar refractivity (Wildman–Crippen MR) is 227 cm³/mol. The summed E-state index contributed by atoms with van der Waals surface area (Å²) < 4.78 is 33.9. The van der Waals surface area contributed by atoms with Crippen molar-refractivity contribution in [2.45, 2.75) is 206 Å². The second kappa shape index (κ2) is 38.0. The summed E-state index contributed by atoms with van der Waals surface area (Å²) >= 11 is 0. The van der Waals surface area contributed by atoms with Crippen LogP contribution in [0.4, 0.5) is 0 Å². The number of unbranched alkanes of at least 4 members (excludes halogenated alkanes) is 23. The van der Waals surface area contributed by atoms with Crippen molar-refractivity contribution in [3.63, 3.8) is 0 Å². The van der Waals surface area contributed by atoms with Crippen molar-refractivity contribution in [2.75, 3.05) is 47.5 Å². The molecule has 9 nitrogen and oxygen atoms in total. The Bertz CT molecular complexity index is 996. The molecule has 0 aromatic rings. The van der Waals surface area contributed by atoms with Crippen molar-refractivity contribution in [1.29, 1.82) is 0 Å². The molecule has 0 spiro atoms. The van der Waals surface area contributed by atoms with Crippen molar-refractivity contribution >= 4 is 19.8 Å². The van der Waals surface area contributed by atoms with E-state index in [2.05, 4.69) is 38.2 Å². The molecule has 0 radical (unpaired) electrons. The molecular formula is C45H86NO8P. The Morgan fingerprint density at radius 2 is 0.927 bits per heavy atom. The molecule has 0 aliphatic heterocycles. The monoisotopic (exact) mass is 800 g/mol. The molecule has 0 aliphatic rings. The van der Waals surface area contributed by atoms with Gasteiger partial charge in [0.25, 0.3) is 7.82 Å². The van der Waals surface area contributed by atoms with Gasteiger partial charge in [-0.2, -0.15) is 0 Å². The summed E-state index contributed by atoms with van der Waals surface area (Å²) in [6.45, 7) is 4.19. The third kappa shape index (κ3) is 41.9. The zero-order valence-corrected chi connectivity index (χ0v) is 37.3. The number of allylic oxidation sites excluding steroid dienone is 4. The van der Waals surface area contributed by atoms with E-state index in [-0.39, 0.29) is 32.0 Å². The molecular weight excluding hydrogens is 713 g/mol. The highest BCUT2D eigenvalue weighted by Gasteiger charge is 2.21. The average Bonchev–Trinajstić information content (AvgIpc) is 3.13. The average molecular weight is 800 g/mol. The van der Waals surface area contributed by atoms with Crippen LogP contribution in [-0.2, 0) is 32.7 Å². The number of esters is 2. The first kappa shape index (κ1) is 53.5. The fourth-order valence-electron chi connectivity index (χ4n) is 6.11. The van der Waals surface area contributed by atoms with Gasteiger partial charge in [-0.3, -0.25) is 14.2 Å². The van der Waals surface area contributed by atoms with Gasteiger partial charge in [0.1, 0.15) is 19.8 Å². The standard InChI is InChI=1S/C45H86NO8P/c1-6-8-10-12-14-16-18-20-21-22-23-24-25-26-28-29-31-33-35-37-44(47)51-41-43(42-53-55(49,50)52-40-39-46(3,4)5)54-45(48)38-36-34-32-30-27-19-17-15-13-11-9-7-2/h15,17,20-21,43H,6-14,16,18-19,22-42H2,1-5H3/b17-15+,21-20+/t43-/m0/s1. The van der Waals surface area contributed by atoms with Crippen molar-refractivity contribution in [1.82, 2.24) is 0 Å². The third-order valence-corrected chi connectivity index (χ3v) is 10.7. The van der Waals surface area contributed by atoms with Crippen LogP contribution in [0.25, 0.3) is 0 Å². The summed E-state index contributed by atoms with van der Waals surface area (Å²) in [6, 6.07) is 0. The van der Waals surface area contributed by atoms with Crippen LogP contribution in [0.5, 0.6) is 0 Å². The largest absolute Gasteiger partial charge is 0.756 e. The zero-order valence-electron chi connectivity index (χ0n) is 36.4. The molecule has 0 N–H and O–H groups in total. The fraction of sp³-hybridized carbons (Fsp3) is 0.867. The normalized spacial score (nSPS) is 13.8. The molecule has 0 aromatic heterocycles. The molecule has 0 aliphatic carbocycles. The summed E-state index contributed by atoms with van der Waals surface area (Å²) in [7, 11) is 1.16. The number of likely N-dealkylation sites (N-methyl/N-ethyl adjacent to an activating group) is 1. The van der Waals surface area contributed by atoms with Crippen LogP contribution in [0.1, 0.15) is 200 Å². The van der Waals surface area contributed by atoms with Crippen molar-refractivity contribution in [3.05, 3.63) is 24.3 Å². The van der Waals surface area contributed by atoms with Crippen LogP contribution >= 0.6 is 7.82 Å². The third-order valence-electron chi connectivity index (χ3n) is 9.69. The molecule has 1 unspecified atom stereocenters. The summed E-state index contributed by atoms with van der Waals surface area (Å²) in [5, 5.41) is 0. The molecule has 10 heteroatoms. The molecule has 0 aromatic carbocycles. The minimum absolute atomic E-state index is 0.0315. The lowest BCUT2D eigenvalue weighted by atomic mass is 10.1. The van der Waals surface area contributed by atoms with Gasteiger partial charge >= 0.3 is 11.9 Å². The number of ether oxygens (including phenoxy) is 2. The molecule has 0 fully saturated rings. The Kier molecular flexibility index (Phi) is 37.0. The Balaban J connectivity index is 4.29. The van der Waals surface area contributed by atoms with Crippen molar-refractivity contribution < 1.29 is 42.1 Å². The van der Waals surface area contributed by atoms with Gasteiger partial charge in [-0.05, 0) is 64.2 Å². The number of hydrogen-bond donors (Lipinski definition) is 0.